The van der Waals surface area contributed by atoms with Gasteiger partial charge in [0.2, 0.25) is 0 Å². The first-order valence-corrected chi connectivity index (χ1v) is 8.18. The van der Waals surface area contributed by atoms with Crippen molar-refractivity contribution in [3.8, 4) is 0 Å². The van der Waals surface area contributed by atoms with Crippen LogP contribution in [0.5, 0.6) is 0 Å². The lowest BCUT2D eigenvalue weighted by atomic mass is 9.89. The highest BCUT2D eigenvalue weighted by atomic mass is 16.5. The molecular weight excluding hydrogens is 308 g/mol. The Kier molecular flexibility index (Phi) is 16.7. The summed E-state index contributed by atoms with van der Waals surface area (Å²) in [6.45, 7) is 13.2. The molecule has 0 bridgehead atoms. The first-order valence-electron chi connectivity index (χ1n) is 8.18. The molecule has 1 N–H and O–H groups in total. The Labute approximate surface area is 149 Å². The van der Waals surface area contributed by atoms with Crippen LogP contribution in [0.2, 0.25) is 0 Å². The van der Waals surface area contributed by atoms with E-state index in [9.17, 15) is 9.59 Å². The van der Waals surface area contributed by atoms with Crippen molar-refractivity contribution in [2.24, 2.45) is 10.8 Å². The maximum atomic E-state index is 11.4. The van der Waals surface area contributed by atoms with Crippen LogP contribution in [0.15, 0.2) is 0 Å². The van der Waals surface area contributed by atoms with Gasteiger partial charge >= 0.3 is 5.97 Å². The van der Waals surface area contributed by atoms with Gasteiger partial charge in [0, 0.05) is 19.4 Å². The van der Waals surface area contributed by atoms with Crippen LogP contribution in [0.25, 0.3) is 0 Å². The zero-order valence-corrected chi connectivity index (χ0v) is 16.0. The molecule has 0 aromatic carbocycles. The Morgan fingerprint density at radius 1 is 0.917 bits per heavy atom. The smallest absolute Gasteiger partial charge is 0.306 e. The number of esters is 1. The van der Waals surface area contributed by atoms with E-state index in [0.717, 1.165) is 6.42 Å². The van der Waals surface area contributed by atoms with E-state index in [-0.39, 0.29) is 30.8 Å². The lowest BCUT2D eigenvalue weighted by Gasteiger charge is -2.16. The molecule has 0 aliphatic rings. The Morgan fingerprint density at radius 3 is 1.75 bits per heavy atom. The molecule has 0 aliphatic heterocycles. The molecule has 0 unspecified atom stereocenters. The molecule has 0 fully saturated rings. The summed E-state index contributed by atoms with van der Waals surface area (Å²) in [5.41, 5.74) is 0.135. The highest BCUT2D eigenvalue weighted by Gasteiger charge is 2.16. The van der Waals surface area contributed by atoms with Crippen LogP contribution in [-0.2, 0) is 19.1 Å². The Balaban J connectivity index is -0.000000385. The molecule has 0 amide bonds. The molecule has 0 saturated heterocycles. The third-order valence-corrected chi connectivity index (χ3v) is 2.61. The summed E-state index contributed by atoms with van der Waals surface area (Å²) in [6, 6.07) is 0. The van der Waals surface area contributed by atoms with E-state index in [1.165, 1.54) is 7.11 Å². The van der Waals surface area contributed by atoms with Crippen molar-refractivity contribution in [1.29, 1.82) is 0 Å². The first kappa shape index (κ1) is 27.9. The van der Waals surface area contributed by atoms with Gasteiger partial charge in [0.15, 0.2) is 0 Å². The number of rotatable bonds is 8. The number of Topliss-reactive ketones (excluding diaryl/α,β-unsaturated/α-hetero) is 1. The number of carbonyl (C=O) groups excluding carboxylic acids is 2. The molecule has 0 saturated carbocycles. The average Bonchev–Trinajstić information content (AvgIpc) is 2.35. The summed E-state index contributed by atoms with van der Waals surface area (Å²) in [7, 11) is 1.41. The monoisotopic (exact) mass is 348 g/mol. The minimum atomic E-state index is -0.137. The average molecular weight is 349 g/mol. The second-order valence-electron chi connectivity index (χ2n) is 8.03. The van der Waals surface area contributed by atoms with Gasteiger partial charge in [-0.2, -0.15) is 0 Å². The number of hydrogen-bond donors (Lipinski definition) is 1. The molecule has 0 aromatic rings. The number of carbonyl (C=O) groups is 2. The normalized spacial score (nSPS) is 11.0. The van der Waals surface area contributed by atoms with E-state index in [1.54, 1.807) is 0 Å². The first-order chi connectivity index (χ1) is 10.4. The Bertz CT molecular complexity index is 324. The zero-order chi connectivity index (χ0) is 18.5. The van der Waals surface area contributed by atoms with Gasteiger partial charge in [-0.05, 0) is 17.3 Å². The number of methoxy groups -OCH3 is 1. The van der Waals surface area contributed by atoms with Crippen molar-refractivity contribution in [2.75, 3.05) is 26.9 Å². The summed E-state index contributed by atoms with van der Waals surface area (Å²) in [5, 5.41) is 8.44. The third kappa shape index (κ3) is 26.0. The van der Waals surface area contributed by atoms with Crippen molar-refractivity contribution < 1.29 is 24.2 Å². The van der Waals surface area contributed by atoms with Crippen LogP contribution >= 0.6 is 0 Å². The predicted molar refractivity (Wildman–Crippen MR) is 99.0 cm³/mol. The zero-order valence-electron chi connectivity index (χ0n) is 16.0. The molecule has 0 heterocycles. The summed E-state index contributed by atoms with van der Waals surface area (Å²) in [5.74, 6) is 0.160. The topological polar surface area (TPSA) is 72.8 Å². The van der Waals surface area contributed by atoms with E-state index in [4.69, 9.17) is 9.84 Å². The summed E-state index contributed by atoms with van der Waals surface area (Å²) >= 11 is 0. The molecular formula is C19H40O5. The molecule has 24 heavy (non-hydrogen) atoms. The van der Waals surface area contributed by atoms with Crippen molar-refractivity contribution in [1.82, 2.24) is 0 Å². The van der Waals surface area contributed by atoms with Crippen LogP contribution in [0, 0.1) is 10.8 Å². The van der Waals surface area contributed by atoms with Crippen LogP contribution in [0.1, 0.15) is 74.7 Å². The molecule has 0 aromatic heterocycles. The fraction of sp³-hybridized carbons (Fsp3) is 0.895. The maximum absolute atomic E-state index is 11.4. The van der Waals surface area contributed by atoms with Crippen molar-refractivity contribution in [3.63, 3.8) is 0 Å². The Hall–Kier alpha value is -0.940. The fourth-order valence-corrected chi connectivity index (χ4v) is 1.72. The summed E-state index contributed by atoms with van der Waals surface area (Å²) < 4.78 is 9.55. The molecule has 0 aliphatic carbocycles. The summed E-state index contributed by atoms with van der Waals surface area (Å²) in [4.78, 5) is 22.0. The highest BCUT2D eigenvalue weighted by molar-refractivity contribution is 5.78. The highest BCUT2D eigenvalue weighted by Crippen LogP contribution is 2.20. The van der Waals surface area contributed by atoms with E-state index in [1.807, 2.05) is 20.8 Å². The van der Waals surface area contributed by atoms with E-state index >= 15 is 0 Å². The van der Waals surface area contributed by atoms with Gasteiger partial charge in [-0.1, -0.05) is 49.0 Å². The second-order valence-corrected chi connectivity index (χ2v) is 8.03. The van der Waals surface area contributed by atoms with Crippen molar-refractivity contribution in [2.45, 2.75) is 74.7 Å². The van der Waals surface area contributed by atoms with Crippen LogP contribution in [0.3, 0.4) is 0 Å². The van der Waals surface area contributed by atoms with E-state index in [0.29, 0.717) is 38.3 Å². The quantitative estimate of drug-likeness (QED) is 0.530. The Morgan fingerprint density at radius 2 is 1.42 bits per heavy atom. The molecule has 5 nitrogen and oxygen atoms in total. The number of ether oxygens (including phenoxy) is 2. The van der Waals surface area contributed by atoms with E-state index in [2.05, 4.69) is 25.5 Å². The van der Waals surface area contributed by atoms with Gasteiger partial charge in [-0.15, -0.1) is 0 Å². The van der Waals surface area contributed by atoms with Crippen molar-refractivity contribution in [3.05, 3.63) is 0 Å². The molecule has 0 atom stereocenters. The van der Waals surface area contributed by atoms with Gasteiger partial charge in [0.05, 0.1) is 26.7 Å². The van der Waals surface area contributed by atoms with Gasteiger partial charge in [-0.25, -0.2) is 0 Å². The second kappa shape index (κ2) is 14.4. The number of aliphatic hydroxyl groups is 1. The van der Waals surface area contributed by atoms with Gasteiger partial charge in [0.1, 0.15) is 5.78 Å². The van der Waals surface area contributed by atoms with Gasteiger partial charge < -0.3 is 14.6 Å². The van der Waals surface area contributed by atoms with Gasteiger partial charge in [0.25, 0.3) is 0 Å². The number of ketones is 1. The number of hydrogen-bond acceptors (Lipinski definition) is 5. The third-order valence-electron chi connectivity index (χ3n) is 2.61. The van der Waals surface area contributed by atoms with E-state index < -0.39 is 0 Å². The maximum Gasteiger partial charge on any atom is 0.306 e. The molecule has 0 spiro atoms. The minimum absolute atomic E-state index is 0. The predicted octanol–water partition coefficient (Wildman–Crippen LogP) is 4.01. The largest absolute Gasteiger partial charge is 0.469 e. The van der Waals surface area contributed by atoms with Crippen LogP contribution in [0.4, 0.5) is 0 Å². The molecule has 146 valence electrons. The summed E-state index contributed by atoms with van der Waals surface area (Å²) in [6.07, 6.45) is 2.47. The lowest BCUT2D eigenvalue weighted by Crippen LogP contribution is -2.13. The number of aliphatic hydroxyl groups excluding tert-OH is 1. The standard InChI is InChI=1S/C11H22O3.C7H14O2.CH4/c1-11(2,3)9-10(13)5-4-7-14-8-6-12;1-7(2,3)5-6(8)9-4;/h12H,4-9H2,1-3H3;5H2,1-4H3;1H4. The minimum Gasteiger partial charge on any atom is -0.469 e. The van der Waals surface area contributed by atoms with Crippen molar-refractivity contribution >= 4 is 11.8 Å². The van der Waals surface area contributed by atoms with Gasteiger partial charge in [-0.3, -0.25) is 9.59 Å². The fourth-order valence-electron chi connectivity index (χ4n) is 1.72. The SMILES string of the molecule is C.CC(C)(C)CC(=O)CCCOCCO.COC(=O)CC(C)(C)C. The van der Waals surface area contributed by atoms with Crippen LogP contribution < -0.4 is 0 Å². The molecule has 0 radical (unpaired) electrons. The molecule has 5 heteroatoms. The lowest BCUT2D eigenvalue weighted by molar-refractivity contribution is -0.142. The van der Waals surface area contributed by atoms with Crippen LogP contribution in [-0.4, -0.2) is 43.8 Å². The molecule has 0 rings (SSSR count).